The summed E-state index contributed by atoms with van der Waals surface area (Å²) < 4.78 is 6.55. The van der Waals surface area contributed by atoms with Gasteiger partial charge in [-0.3, -0.25) is 10.1 Å². The van der Waals surface area contributed by atoms with Gasteiger partial charge >= 0.3 is 5.69 Å². The SMILES string of the molecule is COc1ccccc1-n1cc([N+](=O)[O-])cn1. The summed E-state index contributed by atoms with van der Waals surface area (Å²) >= 11 is 0. The van der Waals surface area contributed by atoms with Crippen LogP contribution in [0, 0.1) is 10.1 Å². The minimum absolute atomic E-state index is 0.0501. The molecule has 1 heterocycles. The van der Waals surface area contributed by atoms with Crippen LogP contribution in [0.3, 0.4) is 0 Å². The maximum absolute atomic E-state index is 10.5. The van der Waals surface area contributed by atoms with Gasteiger partial charge in [-0.05, 0) is 12.1 Å². The predicted molar refractivity (Wildman–Crippen MR) is 56.8 cm³/mol. The number of nitro groups is 1. The Morgan fingerprint density at radius 2 is 2.19 bits per heavy atom. The molecule has 0 N–H and O–H groups in total. The van der Waals surface area contributed by atoms with Crippen LogP contribution < -0.4 is 4.74 Å². The molecule has 2 aromatic rings. The van der Waals surface area contributed by atoms with Crippen LogP contribution in [0.5, 0.6) is 5.75 Å². The Hall–Kier alpha value is -2.37. The van der Waals surface area contributed by atoms with Gasteiger partial charge in [0.1, 0.15) is 23.8 Å². The molecule has 0 atom stereocenters. The van der Waals surface area contributed by atoms with Gasteiger partial charge in [-0.25, -0.2) is 4.68 Å². The van der Waals surface area contributed by atoms with Gasteiger partial charge in [0.15, 0.2) is 0 Å². The Labute approximate surface area is 91.2 Å². The van der Waals surface area contributed by atoms with Gasteiger partial charge in [0.2, 0.25) is 0 Å². The average Bonchev–Trinajstić information content (AvgIpc) is 2.78. The lowest BCUT2D eigenvalue weighted by molar-refractivity contribution is -0.384. The Bertz CT molecular complexity index is 522. The molecule has 0 spiro atoms. The van der Waals surface area contributed by atoms with E-state index in [0.29, 0.717) is 11.4 Å². The van der Waals surface area contributed by atoms with Crippen molar-refractivity contribution in [2.45, 2.75) is 0 Å². The summed E-state index contributed by atoms with van der Waals surface area (Å²) in [6.07, 6.45) is 2.55. The summed E-state index contributed by atoms with van der Waals surface area (Å²) in [7, 11) is 1.54. The number of hydrogen-bond acceptors (Lipinski definition) is 4. The first-order chi connectivity index (χ1) is 7.72. The highest BCUT2D eigenvalue weighted by atomic mass is 16.6. The van der Waals surface area contributed by atoms with Crippen LogP contribution in [0.25, 0.3) is 5.69 Å². The zero-order valence-corrected chi connectivity index (χ0v) is 8.53. The molecule has 0 fully saturated rings. The van der Waals surface area contributed by atoms with Crippen molar-refractivity contribution in [1.29, 1.82) is 0 Å². The molecular formula is C10H9N3O3. The second-order valence-electron chi connectivity index (χ2n) is 3.07. The minimum Gasteiger partial charge on any atom is -0.494 e. The van der Waals surface area contributed by atoms with Crippen LogP contribution in [0.4, 0.5) is 5.69 Å². The van der Waals surface area contributed by atoms with Crippen LogP contribution >= 0.6 is 0 Å². The van der Waals surface area contributed by atoms with Crippen molar-refractivity contribution in [2.75, 3.05) is 7.11 Å². The number of methoxy groups -OCH3 is 1. The molecule has 0 radical (unpaired) electrons. The van der Waals surface area contributed by atoms with E-state index in [1.54, 1.807) is 12.1 Å². The molecule has 6 heteroatoms. The van der Waals surface area contributed by atoms with Crippen molar-refractivity contribution < 1.29 is 9.66 Å². The Morgan fingerprint density at radius 1 is 1.44 bits per heavy atom. The lowest BCUT2D eigenvalue weighted by Gasteiger charge is -2.06. The van der Waals surface area contributed by atoms with E-state index < -0.39 is 4.92 Å². The number of rotatable bonds is 3. The Morgan fingerprint density at radius 3 is 2.81 bits per heavy atom. The number of para-hydroxylation sites is 2. The Kier molecular flexibility index (Phi) is 2.55. The van der Waals surface area contributed by atoms with E-state index in [9.17, 15) is 10.1 Å². The molecule has 0 unspecified atom stereocenters. The standard InChI is InChI=1S/C10H9N3O3/c1-16-10-5-3-2-4-9(10)12-7-8(6-11-12)13(14)15/h2-7H,1H3. The lowest BCUT2D eigenvalue weighted by Crippen LogP contribution is -1.97. The Balaban J connectivity index is 2.46. The quantitative estimate of drug-likeness (QED) is 0.582. The molecule has 0 aliphatic carbocycles. The lowest BCUT2D eigenvalue weighted by atomic mass is 10.3. The number of hydrogen-bond donors (Lipinski definition) is 0. The van der Waals surface area contributed by atoms with Gasteiger partial charge in [0, 0.05) is 0 Å². The molecule has 82 valence electrons. The van der Waals surface area contributed by atoms with Crippen LogP contribution in [-0.2, 0) is 0 Å². The van der Waals surface area contributed by atoms with Crippen molar-refractivity contribution in [3.05, 3.63) is 46.8 Å². The van der Waals surface area contributed by atoms with Gasteiger partial charge in [-0.15, -0.1) is 0 Å². The molecule has 0 amide bonds. The van der Waals surface area contributed by atoms with Crippen molar-refractivity contribution in [1.82, 2.24) is 9.78 Å². The third-order valence-electron chi connectivity index (χ3n) is 2.11. The van der Waals surface area contributed by atoms with Crippen molar-refractivity contribution in [3.8, 4) is 11.4 Å². The number of ether oxygens (including phenoxy) is 1. The first kappa shape index (κ1) is 10.2. The molecular weight excluding hydrogens is 210 g/mol. The summed E-state index contributed by atoms with van der Waals surface area (Å²) in [6.45, 7) is 0. The molecule has 0 bridgehead atoms. The number of nitrogens with zero attached hydrogens (tertiary/aromatic N) is 3. The van der Waals surface area contributed by atoms with E-state index in [1.165, 1.54) is 24.2 Å². The monoisotopic (exact) mass is 219 g/mol. The second-order valence-corrected chi connectivity index (χ2v) is 3.07. The second kappa shape index (κ2) is 4.01. The zero-order chi connectivity index (χ0) is 11.5. The van der Waals surface area contributed by atoms with E-state index in [2.05, 4.69) is 5.10 Å². The molecule has 6 nitrogen and oxygen atoms in total. The molecule has 1 aromatic heterocycles. The van der Waals surface area contributed by atoms with Crippen molar-refractivity contribution >= 4 is 5.69 Å². The molecule has 0 aliphatic heterocycles. The normalized spacial score (nSPS) is 10.1. The van der Waals surface area contributed by atoms with Crippen LogP contribution in [0.2, 0.25) is 0 Å². The van der Waals surface area contributed by atoms with Crippen molar-refractivity contribution in [2.24, 2.45) is 0 Å². The average molecular weight is 219 g/mol. The highest BCUT2D eigenvalue weighted by molar-refractivity contribution is 5.46. The predicted octanol–water partition coefficient (Wildman–Crippen LogP) is 1.79. The molecule has 1 aromatic carbocycles. The summed E-state index contributed by atoms with van der Waals surface area (Å²) in [4.78, 5) is 10.0. The minimum atomic E-state index is -0.487. The zero-order valence-electron chi connectivity index (χ0n) is 8.53. The smallest absolute Gasteiger partial charge is 0.307 e. The maximum Gasteiger partial charge on any atom is 0.307 e. The fraction of sp³-hybridized carbons (Fsp3) is 0.100. The molecule has 0 saturated carbocycles. The highest BCUT2D eigenvalue weighted by Gasteiger charge is 2.11. The van der Waals surface area contributed by atoms with E-state index in [1.807, 2.05) is 12.1 Å². The van der Waals surface area contributed by atoms with E-state index in [0.717, 1.165) is 0 Å². The first-order valence-corrected chi connectivity index (χ1v) is 4.55. The van der Waals surface area contributed by atoms with Crippen molar-refractivity contribution in [3.63, 3.8) is 0 Å². The highest BCUT2D eigenvalue weighted by Crippen LogP contribution is 2.22. The maximum atomic E-state index is 10.5. The summed E-state index contributed by atoms with van der Waals surface area (Å²) in [6, 6.07) is 7.17. The third-order valence-corrected chi connectivity index (χ3v) is 2.11. The van der Waals surface area contributed by atoms with Gasteiger partial charge < -0.3 is 4.74 Å². The largest absolute Gasteiger partial charge is 0.494 e. The van der Waals surface area contributed by atoms with Gasteiger partial charge in [0.25, 0.3) is 0 Å². The van der Waals surface area contributed by atoms with Crippen LogP contribution in [-0.4, -0.2) is 21.8 Å². The fourth-order valence-corrected chi connectivity index (χ4v) is 1.36. The van der Waals surface area contributed by atoms with E-state index in [-0.39, 0.29) is 5.69 Å². The van der Waals surface area contributed by atoms with E-state index >= 15 is 0 Å². The van der Waals surface area contributed by atoms with Crippen LogP contribution in [0.15, 0.2) is 36.7 Å². The first-order valence-electron chi connectivity index (χ1n) is 4.55. The van der Waals surface area contributed by atoms with E-state index in [4.69, 9.17) is 4.74 Å². The number of benzene rings is 1. The molecule has 0 aliphatic rings. The molecule has 2 rings (SSSR count). The summed E-state index contributed by atoms with van der Waals surface area (Å²) in [5.41, 5.74) is 0.615. The molecule has 0 saturated heterocycles. The van der Waals surface area contributed by atoms with Gasteiger partial charge in [-0.2, -0.15) is 5.10 Å². The van der Waals surface area contributed by atoms with Gasteiger partial charge in [0.05, 0.1) is 12.0 Å². The van der Waals surface area contributed by atoms with Crippen LogP contribution in [0.1, 0.15) is 0 Å². The summed E-state index contributed by atoms with van der Waals surface area (Å²) in [5.74, 6) is 0.612. The molecule has 16 heavy (non-hydrogen) atoms. The topological polar surface area (TPSA) is 70.2 Å². The number of aromatic nitrogens is 2. The fourth-order valence-electron chi connectivity index (χ4n) is 1.36. The third kappa shape index (κ3) is 1.72. The summed E-state index contributed by atoms with van der Waals surface area (Å²) in [5, 5.41) is 14.4. The van der Waals surface area contributed by atoms with Gasteiger partial charge in [-0.1, -0.05) is 12.1 Å².